The van der Waals surface area contributed by atoms with Gasteiger partial charge in [-0.15, -0.1) is 0 Å². The van der Waals surface area contributed by atoms with Crippen molar-refractivity contribution in [2.45, 2.75) is 4.90 Å². The lowest BCUT2D eigenvalue weighted by molar-refractivity contribution is 0.329. The predicted molar refractivity (Wildman–Crippen MR) is 106 cm³/mol. The van der Waals surface area contributed by atoms with Crippen LogP contribution in [0.5, 0.6) is 23.0 Å². The second-order valence-electron chi connectivity index (χ2n) is 7.29. The van der Waals surface area contributed by atoms with Crippen molar-refractivity contribution >= 4 is 20.9 Å². The van der Waals surface area contributed by atoms with Gasteiger partial charge in [0.05, 0.1) is 0 Å². The molecule has 4 rings (SSSR count). The molecule has 0 aromatic heterocycles. The largest absolute Gasteiger partial charge is 0.451 e. The maximum atomic E-state index is 14.1. The normalized spacial score (nSPS) is 11.8. The van der Waals surface area contributed by atoms with Crippen LogP contribution < -0.4 is 9.47 Å². The molecule has 0 fully saturated rings. The van der Waals surface area contributed by atoms with E-state index in [1.165, 1.54) is 0 Å². The molecule has 4 aromatic carbocycles. The molecule has 5 nitrogen and oxygen atoms in total. The van der Waals surface area contributed by atoms with Gasteiger partial charge in [-0.05, 0) is 35.0 Å². The van der Waals surface area contributed by atoms with E-state index in [1.807, 2.05) is 0 Å². The number of hydrogen-bond donors (Lipinski definition) is 1. The van der Waals surface area contributed by atoms with Crippen LogP contribution in [0.2, 0.25) is 0 Å². The van der Waals surface area contributed by atoms with Gasteiger partial charge in [-0.25, -0.2) is 26.3 Å². The van der Waals surface area contributed by atoms with Crippen LogP contribution in [-0.2, 0) is 10.1 Å². The number of hydrogen-bond acceptors (Lipinski definition) is 4. The third kappa shape index (κ3) is 4.45. The summed E-state index contributed by atoms with van der Waals surface area (Å²) in [7, 11) is -5.26. The van der Waals surface area contributed by atoms with Crippen LogP contribution in [-0.4, -0.2) is 13.0 Å². The fourth-order valence-electron chi connectivity index (χ4n) is 3.16. The zero-order valence-electron chi connectivity index (χ0n) is 17.7. The Morgan fingerprint density at radius 2 is 0.947 bits per heavy atom. The molecule has 16 heteroatoms. The molecule has 0 bridgehead atoms. The summed E-state index contributed by atoms with van der Waals surface area (Å²) in [5, 5.41) is -0.426. The van der Waals surface area contributed by atoms with E-state index in [1.54, 1.807) is 0 Å². The second-order valence-corrected chi connectivity index (χ2v) is 8.68. The average molecular weight is 572 g/mol. The zero-order chi connectivity index (χ0) is 28.3. The lowest BCUT2D eigenvalue weighted by atomic mass is 10.1. The molecule has 38 heavy (non-hydrogen) atoms. The van der Waals surface area contributed by atoms with E-state index in [2.05, 4.69) is 4.74 Å². The summed E-state index contributed by atoms with van der Waals surface area (Å²) in [4.78, 5) is -1.21. The predicted octanol–water partition coefficient (Wildman–Crippen LogP) is 7.06. The standard InChI is InChI=1S/C22H6F10O5S/c23-11-13(25)17(29)21(18(30)14(11)26)36-8-2-1-6-5-10(38(33,34)35)9(4-7(6)3-8)37-22-19(31)15(27)12(24)16(28)20(22)32/h1-5H,(H,33,34,35). The molecule has 0 aliphatic heterocycles. The summed E-state index contributed by atoms with van der Waals surface area (Å²) < 4.78 is 179. The third-order valence-electron chi connectivity index (χ3n) is 4.92. The monoisotopic (exact) mass is 572 g/mol. The molecule has 0 heterocycles. The number of ether oxygens (including phenoxy) is 2. The molecule has 0 saturated heterocycles. The van der Waals surface area contributed by atoms with Gasteiger partial charge < -0.3 is 9.47 Å². The van der Waals surface area contributed by atoms with Crippen molar-refractivity contribution in [2.75, 3.05) is 0 Å². The summed E-state index contributed by atoms with van der Waals surface area (Å²) in [6.07, 6.45) is 0. The molecule has 0 aliphatic carbocycles. The molecule has 0 spiro atoms. The van der Waals surface area contributed by atoms with Gasteiger partial charge in [0.25, 0.3) is 10.1 Å². The molecule has 1 N–H and O–H groups in total. The fourth-order valence-corrected chi connectivity index (χ4v) is 3.79. The Balaban J connectivity index is 1.87. The van der Waals surface area contributed by atoms with Crippen molar-refractivity contribution < 1.29 is 66.3 Å². The van der Waals surface area contributed by atoms with Crippen LogP contribution in [0.15, 0.2) is 35.2 Å². The first kappa shape index (κ1) is 27.0. The highest BCUT2D eigenvalue weighted by molar-refractivity contribution is 7.86. The summed E-state index contributed by atoms with van der Waals surface area (Å²) in [6.45, 7) is 0. The van der Waals surface area contributed by atoms with E-state index < -0.39 is 96.2 Å². The van der Waals surface area contributed by atoms with E-state index in [0.717, 1.165) is 18.2 Å². The van der Waals surface area contributed by atoms with Gasteiger partial charge in [0.2, 0.25) is 69.7 Å². The highest BCUT2D eigenvalue weighted by Gasteiger charge is 2.30. The Hall–Kier alpha value is -4.05. The van der Waals surface area contributed by atoms with E-state index in [9.17, 15) is 56.9 Å². The molecule has 0 radical (unpaired) electrons. The third-order valence-corrected chi connectivity index (χ3v) is 5.80. The second kappa shape index (κ2) is 9.36. The Bertz CT molecular complexity index is 1700. The lowest BCUT2D eigenvalue weighted by Gasteiger charge is -2.14. The Labute approximate surface area is 204 Å². The molecule has 200 valence electrons. The Kier molecular flexibility index (Phi) is 6.65. The Morgan fingerprint density at radius 3 is 1.39 bits per heavy atom. The highest BCUT2D eigenvalue weighted by Crippen LogP contribution is 2.39. The molecule has 0 atom stereocenters. The fraction of sp³-hybridized carbons (Fsp3) is 0. The minimum Gasteiger partial charge on any atom is -0.451 e. The van der Waals surface area contributed by atoms with Crippen LogP contribution in [0, 0.1) is 58.2 Å². The molecular weight excluding hydrogens is 566 g/mol. The van der Waals surface area contributed by atoms with E-state index in [4.69, 9.17) is 4.74 Å². The van der Waals surface area contributed by atoms with E-state index in [-0.39, 0.29) is 10.8 Å². The van der Waals surface area contributed by atoms with Crippen molar-refractivity contribution in [3.05, 3.63) is 88.5 Å². The number of halogens is 10. The van der Waals surface area contributed by atoms with Gasteiger partial charge in [0.1, 0.15) is 16.4 Å². The smallest absolute Gasteiger partial charge is 0.298 e. The number of fused-ring (bicyclic) bond motifs is 1. The van der Waals surface area contributed by atoms with Gasteiger partial charge in [-0.2, -0.15) is 26.0 Å². The highest BCUT2D eigenvalue weighted by atomic mass is 32.2. The van der Waals surface area contributed by atoms with Gasteiger partial charge in [0, 0.05) is 0 Å². The lowest BCUT2D eigenvalue weighted by Crippen LogP contribution is -2.07. The van der Waals surface area contributed by atoms with E-state index >= 15 is 0 Å². The van der Waals surface area contributed by atoms with Crippen LogP contribution in [0.1, 0.15) is 0 Å². The molecule has 0 saturated carbocycles. The van der Waals surface area contributed by atoms with Crippen molar-refractivity contribution in [3.63, 3.8) is 0 Å². The van der Waals surface area contributed by atoms with Gasteiger partial charge in [-0.3, -0.25) is 4.55 Å². The quantitative estimate of drug-likeness (QED) is 0.120. The first-order valence-corrected chi connectivity index (χ1v) is 11.0. The van der Waals surface area contributed by atoms with Crippen molar-refractivity contribution in [3.8, 4) is 23.0 Å². The van der Waals surface area contributed by atoms with Crippen molar-refractivity contribution in [1.82, 2.24) is 0 Å². The van der Waals surface area contributed by atoms with Crippen LogP contribution in [0.25, 0.3) is 10.8 Å². The minimum absolute atomic E-state index is 0.146. The minimum atomic E-state index is -5.26. The van der Waals surface area contributed by atoms with Gasteiger partial charge in [0.15, 0.2) is 0 Å². The first-order chi connectivity index (χ1) is 17.6. The summed E-state index contributed by atoms with van der Waals surface area (Å²) in [5.41, 5.74) is 0. The topological polar surface area (TPSA) is 72.8 Å². The number of rotatable bonds is 5. The summed E-state index contributed by atoms with van der Waals surface area (Å²) in [5.74, 6) is -29.7. The molecule has 0 unspecified atom stereocenters. The molecule has 0 aliphatic rings. The first-order valence-electron chi connectivity index (χ1n) is 9.57. The summed E-state index contributed by atoms with van der Waals surface area (Å²) in [6, 6.07) is 3.84. The van der Waals surface area contributed by atoms with Crippen molar-refractivity contribution in [1.29, 1.82) is 0 Å². The number of benzene rings is 4. The average Bonchev–Trinajstić information content (AvgIpc) is 2.87. The molecule has 0 amide bonds. The van der Waals surface area contributed by atoms with Crippen LogP contribution in [0.3, 0.4) is 0 Å². The van der Waals surface area contributed by atoms with Crippen LogP contribution >= 0.6 is 0 Å². The van der Waals surface area contributed by atoms with Gasteiger partial charge in [-0.1, -0.05) is 6.07 Å². The maximum Gasteiger partial charge on any atom is 0.298 e. The van der Waals surface area contributed by atoms with Gasteiger partial charge >= 0.3 is 0 Å². The molecule has 4 aromatic rings. The maximum absolute atomic E-state index is 14.1. The SMILES string of the molecule is O=S(=O)(O)c1cc2ccc(Oc3c(F)c(F)c(F)c(F)c3F)cc2cc1Oc1c(F)c(F)c(F)c(F)c1F. The zero-order valence-corrected chi connectivity index (χ0v) is 18.5. The van der Waals surface area contributed by atoms with E-state index in [0.29, 0.717) is 12.1 Å². The van der Waals surface area contributed by atoms with Crippen LogP contribution in [0.4, 0.5) is 43.9 Å². The molecular formula is C22H6F10O5S. The van der Waals surface area contributed by atoms with Crippen molar-refractivity contribution in [2.24, 2.45) is 0 Å². The summed E-state index contributed by atoms with van der Waals surface area (Å²) >= 11 is 0. The Morgan fingerprint density at radius 1 is 0.526 bits per heavy atom.